The Labute approximate surface area is 146 Å². The van der Waals surface area contributed by atoms with E-state index in [1.807, 2.05) is 0 Å². The molecule has 1 amide bonds. The Hall–Kier alpha value is -2.67. The normalized spacial score (nSPS) is 18.8. The SMILES string of the molecule is CCCCCC[N+]1(CC(=O)O)C=NC(C(=O)Nc2ccccc2O)=C1. The maximum Gasteiger partial charge on any atom is 0.360 e. The van der Waals surface area contributed by atoms with Crippen molar-refractivity contribution in [3.8, 4) is 5.75 Å². The van der Waals surface area contributed by atoms with Gasteiger partial charge in [-0.1, -0.05) is 31.9 Å². The van der Waals surface area contributed by atoms with Crippen LogP contribution in [0, 0.1) is 0 Å². The molecule has 1 atom stereocenters. The Kier molecular flexibility index (Phi) is 6.30. The molecule has 134 valence electrons. The van der Waals surface area contributed by atoms with Gasteiger partial charge in [0, 0.05) is 0 Å². The first kappa shape index (κ1) is 18.7. The number of carboxylic acids is 1. The number of aliphatic carboxylic acids is 1. The van der Waals surface area contributed by atoms with Gasteiger partial charge in [0.25, 0.3) is 5.91 Å². The van der Waals surface area contributed by atoms with Gasteiger partial charge >= 0.3 is 5.97 Å². The molecule has 0 aromatic heterocycles. The number of hydrogen-bond donors (Lipinski definition) is 3. The minimum atomic E-state index is -0.944. The molecule has 1 aliphatic heterocycles. The molecule has 0 aliphatic carbocycles. The van der Waals surface area contributed by atoms with Crippen LogP contribution >= 0.6 is 0 Å². The van der Waals surface area contributed by atoms with Crippen molar-refractivity contribution in [1.82, 2.24) is 0 Å². The number of amides is 1. The van der Waals surface area contributed by atoms with Crippen LogP contribution in [0.2, 0.25) is 0 Å². The number of quaternary nitrogens is 1. The number of unbranched alkanes of at least 4 members (excludes halogenated alkanes) is 3. The topological polar surface area (TPSA) is 99.0 Å². The fourth-order valence-corrected chi connectivity index (χ4v) is 2.74. The predicted molar refractivity (Wildman–Crippen MR) is 95.1 cm³/mol. The molecule has 0 bridgehead atoms. The molecule has 7 nitrogen and oxygen atoms in total. The van der Waals surface area contributed by atoms with E-state index >= 15 is 0 Å². The Morgan fingerprint density at radius 1 is 1.20 bits per heavy atom. The van der Waals surface area contributed by atoms with Gasteiger partial charge in [-0.15, -0.1) is 0 Å². The van der Waals surface area contributed by atoms with Crippen molar-refractivity contribution in [2.24, 2.45) is 4.99 Å². The van der Waals surface area contributed by atoms with Crippen molar-refractivity contribution >= 4 is 23.9 Å². The Morgan fingerprint density at radius 3 is 2.64 bits per heavy atom. The molecule has 3 N–H and O–H groups in total. The highest BCUT2D eigenvalue weighted by Gasteiger charge is 2.34. The van der Waals surface area contributed by atoms with E-state index in [0.29, 0.717) is 6.54 Å². The fraction of sp³-hybridized carbons (Fsp3) is 0.389. The molecule has 0 saturated heterocycles. The molecule has 0 saturated carbocycles. The average Bonchev–Trinajstić information content (AvgIpc) is 2.97. The molecule has 2 rings (SSSR count). The standard InChI is InChI=1S/C18H23N3O4/c1-2-3-4-7-10-21(12-17(23)24)11-15(19-13-21)18(25)20-14-8-5-6-9-16(14)22/h5-6,8-9,11,13H,2-4,7,10,12H2,1H3,(H2-,20,22,23,24,25)/p+1. The van der Waals surface area contributed by atoms with Gasteiger partial charge in [-0.3, -0.25) is 4.79 Å². The zero-order valence-corrected chi connectivity index (χ0v) is 14.3. The van der Waals surface area contributed by atoms with Crippen molar-refractivity contribution in [3.63, 3.8) is 0 Å². The summed E-state index contributed by atoms with van der Waals surface area (Å²) in [6.07, 6.45) is 7.15. The first-order valence-electron chi connectivity index (χ1n) is 8.41. The molecular formula is C18H24N3O4+. The van der Waals surface area contributed by atoms with Gasteiger partial charge in [-0.05, 0) is 25.0 Å². The van der Waals surface area contributed by atoms with E-state index in [0.717, 1.165) is 25.7 Å². The minimum Gasteiger partial charge on any atom is -0.506 e. The summed E-state index contributed by atoms with van der Waals surface area (Å²) in [6.45, 7) is 2.55. The second kappa shape index (κ2) is 8.43. The van der Waals surface area contributed by atoms with E-state index in [1.54, 1.807) is 24.4 Å². The average molecular weight is 346 g/mol. The van der Waals surface area contributed by atoms with Crippen LogP contribution in [0.4, 0.5) is 5.69 Å². The number of carboxylic acid groups (broad SMARTS) is 1. The van der Waals surface area contributed by atoms with Crippen LogP contribution in [-0.2, 0) is 9.59 Å². The third kappa shape index (κ3) is 5.15. The van der Waals surface area contributed by atoms with E-state index in [-0.39, 0.29) is 28.2 Å². The molecule has 1 heterocycles. The summed E-state index contributed by atoms with van der Waals surface area (Å²) in [5.74, 6) is -1.46. The fourth-order valence-electron chi connectivity index (χ4n) is 2.74. The molecule has 1 aromatic carbocycles. The van der Waals surface area contributed by atoms with Crippen LogP contribution in [0.25, 0.3) is 0 Å². The Morgan fingerprint density at radius 2 is 1.96 bits per heavy atom. The summed E-state index contributed by atoms with van der Waals surface area (Å²) >= 11 is 0. The summed E-state index contributed by atoms with van der Waals surface area (Å²) in [4.78, 5) is 27.7. The van der Waals surface area contributed by atoms with Crippen molar-refractivity contribution in [2.75, 3.05) is 18.4 Å². The number of aliphatic imine (C=N–C) groups is 1. The third-order valence-corrected chi connectivity index (χ3v) is 4.05. The number of aromatic hydroxyl groups is 1. The van der Waals surface area contributed by atoms with E-state index < -0.39 is 11.9 Å². The predicted octanol–water partition coefficient (Wildman–Crippen LogP) is 2.70. The lowest BCUT2D eigenvalue weighted by molar-refractivity contribution is -0.771. The van der Waals surface area contributed by atoms with Gasteiger partial charge in [-0.2, -0.15) is 4.99 Å². The van der Waals surface area contributed by atoms with Crippen molar-refractivity contribution < 1.29 is 24.3 Å². The van der Waals surface area contributed by atoms with Gasteiger partial charge in [0.1, 0.15) is 11.9 Å². The number of anilines is 1. The summed E-state index contributed by atoms with van der Waals surface area (Å²) in [6, 6.07) is 6.40. The lowest BCUT2D eigenvalue weighted by atomic mass is 10.2. The van der Waals surface area contributed by atoms with E-state index in [4.69, 9.17) is 0 Å². The number of hydrogen-bond acceptors (Lipinski definition) is 4. The van der Waals surface area contributed by atoms with Crippen LogP contribution < -0.4 is 5.32 Å². The maximum atomic E-state index is 12.4. The maximum absolute atomic E-state index is 12.4. The number of nitrogens with zero attached hydrogens (tertiary/aromatic N) is 2. The van der Waals surface area contributed by atoms with Crippen LogP contribution in [0.1, 0.15) is 32.6 Å². The molecule has 1 aromatic rings. The monoisotopic (exact) mass is 346 g/mol. The van der Waals surface area contributed by atoms with Crippen molar-refractivity contribution in [2.45, 2.75) is 32.6 Å². The Balaban J connectivity index is 2.10. The molecule has 1 unspecified atom stereocenters. The van der Waals surface area contributed by atoms with Gasteiger partial charge in [0.15, 0.2) is 18.6 Å². The quantitative estimate of drug-likeness (QED) is 0.364. The molecule has 0 radical (unpaired) electrons. The minimum absolute atomic E-state index is 0.0303. The number of rotatable bonds is 9. The number of benzene rings is 1. The number of nitrogens with one attached hydrogen (secondary N) is 1. The Bertz CT molecular complexity index is 699. The van der Waals surface area contributed by atoms with Crippen LogP contribution in [0.5, 0.6) is 5.75 Å². The summed E-state index contributed by atoms with van der Waals surface area (Å²) in [5, 5.41) is 21.5. The van der Waals surface area contributed by atoms with E-state index in [9.17, 15) is 19.8 Å². The molecule has 0 fully saturated rings. The molecule has 25 heavy (non-hydrogen) atoms. The van der Waals surface area contributed by atoms with Gasteiger partial charge < -0.3 is 15.5 Å². The molecule has 1 aliphatic rings. The van der Waals surface area contributed by atoms with Gasteiger partial charge in [-0.25, -0.2) is 9.28 Å². The van der Waals surface area contributed by atoms with Crippen LogP contribution in [0.3, 0.4) is 0 Å². The highest BCUT2D eigenvalue weighted by atomic mass is 16.4. The van der Waals surface area contributed by atoms with Crippen LogP contribution in [0.15, 0.2) is 41.2 Å². The molecule has 0 spiro atoms. The highest BCUT2D eigenvalue weighted by Crippen LogP contribution is 2.24. The second-order valence-electron chi connectivity index (χ2n) is 6.17. The van der Waals surface area contributed by atoms with Crippen LogP contribution in [-0.4, -0.2) is 46.0 Å². The van der Waals surface area contributed by atoms with E-state index in [1.165, 1.54) is 12.4 Å². The number of para-hydroxylation sites is 2. The smallest absolute Gasteiger partial charge is 0.360 e. The highest BCUT2D eigenvalue weighted by molar-refractivity contribution is 6.05. The first-order valence-corrected chi connectivity index (χ1v) is 8.41. The number of phenols is 1. The van der Waals surface area contributed by atoms with Gasteiger partial charge in [0.05, 0.1) is 12.2 Å². The first-order chi connectivity index (χ1) is 12.0. The zero-order valence-electron chi connectivity index (χ0n) is 14.3. The molecule has 7 heteroatoms. The van der Waals surface area contributed by atoms with Gasteiger partial charge in [0.2, 0.25) is 0 Å². The lowest BCUT2D eigenvalue weighted by Gasteiger charge is -2.25. The number of carbonyl (C=O) groups is 2. The van der Waals surface area contributed by atoms with Crippen molar-refractivity contribution in [3.05, 3.63) is 36.2 Å². The summed E-state index contributed by atoms with van der Waals surface area (Å²) in [5.41, 5.74) is 0.440. The second-order valence-corrected chi connectivity index (χ2v) is 6.17. The van der Waals surface area contributed by atoms with E-state index in [2.05, 4.69) is 17.2 Å². The summed E-state index contributed by atoms with van der Waals surface area (Å²) < 4.78 is 0.0303. The zero-order chi connectivity index (χ0) is 18.3. The summed E-state index contributed by atoms with van der Waals surface area (Å²) in [7, 11) is 0. The molecular weight excluding hydrogens is 322 g/mol. The number of carbonyl (C=O) groups excluding carboxylic acids is 1. The third-order valence-electron chi connectivity index (χ3n) is 4.05. The largest absolute Gasteiger partial charge is 0.506 e. The van der Waals surface area contributed by atoms with Crippen molar-refractivity contribution in [1.29, 1.82) is 0 Å². The lowest BCUT2D eigenvalue weighted by Crippen LogP contribution is -2.44. The number of phenolic OH excluding ortho intramolecular Hbond substituents is 1.